The number of benzene rings is 4. The van der Waals surface area contributed by atoms with Crippen LogP contribution in [0.5, 0.6) is 0 Å². The first-order chi connectivity index (χ1) is 20.7. The standard InChI is InChI=1S/C34H30O8/c35-31(23-13-5-1-6-14-23)37-21-27-29(41-33(39-27)25-17-9-3-10-18-25)30-28(22-38-32(36)24-15-7-2-8-16-24)40-34(42-30)26-19-11-4-12-20-26/h1-20,27-30,33-34H,21-22H2/t27-,28+,29-,30+,33-,34+. The van der Waals surface area contributed by atoms with Crippen molar-refractivity contribution < 1.29 is 38.0 Å². The Labute approximate surface area is 243 Å². The maximum absolute atomic E-state index is 12.8. The molecule has 42 heavy (non-hydrogen) atoms. The first kappa shape index (κ1) is 27.8. The summed E-state index contributed by atoms with van der Waals surface area (Å²) in [6, 6.07) is 36.5. The molecule has 2 fully saturated rings. The number of esters is 2. The number of carbonyl (C=O) groups excluding carboxylic acids is 2. The van der Waals surface area contributed by atoms with Crippen molar-refractivity contribution in [2.75, 3.05) is 13.2 Å². The normalized spacial score (nSPS) is 25.1. The SMILES string of the molecule is O=C(OC[C@@H]1O[C@H](c2ccccc2)O[C@@H]1[C@@H]1O[C@H](c2ccccc2)O[C@@H]1COC(=O)c1ccccc1)c1ccccc1. The van der Waals surface area contributed by atoms with Crippen LogP contribution in [0.2, 0.25) is 0 Å². The number of hydrogen-bond donors (Lipinski definition) is 0. The zero-order chi connectivity index (χ0) is 28.7. The molecular formula is C34H30O8. The number of rotatable bonds is 9. The molecule has 6 atom stereocenters. The molecule has 0 spiro atoms. The third kappa shape index (κ3) is 6.42. The average Bonchev–Trinajstić information content (AvgIpc) is 3.68. The van der Waals surface area contributed by atoms with E-state index in [0.717, 1.165) is 11.1 Å². The lowest BCUT2D eigenvalue weighted by atomic mass is 10.0. The minimum absolute atomic E-state index is 0.0753. The van der Waals surface area contributed by atoms with Crippen LogP contribution in [0.3, 0.4) is 0 Å². The van der Waals surface area contributed by atoms with E-state index in [1.807, 2.05) is 72.8 Å². The van der Waals surface area contributed by atoms with Crippen molar-refractivity contribution in [3.63, 3.8) is 0 Å². The number of carbonyl (C=O) groups is 2. The Bertz CT molecular complexity index is 1340. The Balaban J connectivity index is 1.23. The summed E-state index contributed by atoms with van der Waals surface area (Å²) in [6.07, 6.45) is -4.20. The van der Waals surface area contributed by atoms with Crippen LogP contribution in [0.4, 0.5) is 0 Å². The summed E-state index contributed by atoms with van der Waals surface area (Å²) < 4.78 is 36.8. The zero-order valence-corrected chi connectivity index (χ0v) is 22.7. The van der Waals surface area contributed by atoms with Crippen LogP contribution in [0, 0.1) is 0 Å². The maximum Gasteiger partial charge on any atom is 0.338 e. The monoisotopic (exact) mass is 566 g/mol. The Morgan fingerprint density at radius 1 is 0.476 bits per heavy atom. The molecule has 8 nitrogen and oxygen atoms in total. The fraction of sp³-hybridized carbons (Fsp3) is 0.235. The fourth-order valence-corrected chi connectivity index (χ4v) is 5.01. The van der Waals surface area contributed by atoms with E-state index in [9.17, 15) is 9.59 Å². The molecule has 2 saturated heterocycles. The van der Waals surface area contributed by atoms with Gasteiger partial charge in [0.15, 0.2) is 12.6 Å². The van der Waals surface area contributed by atoms with Gasteiger partial charge in [0.1, 0.15) is 37.6 Å². The van der Waals surface area contributed by atoms with E-state index >= 15 is 0 Å². The lowest BCUT2D eigenvalue weighted by Gasteiger charge is -2.25. The van der Waals surface area contributed by atoms with Crippen molar-refractivity contribution in [1.82, 2.24) is 0 Å². The summed E-state index contributed by atoms with van der Waals surface area (Å²) in [6.45, 7) is -0.151. The van der Waals surface area contributed by atoms with E-state index in [1.165, 1.54) is 0 Å². The summed E-state index contributed by atoms with van der Waals surface area (Å²) in [5.41, 5.74) is 2.49. The molecule has 2 aliphatic rings. The van der Waals surface area contributed by atoms with Gasteiger partial charge in [0, 0.05) is 11.1 Å². The molecule has 8 heteroatoms. The molecule has 0 radical (unpaired) electrons. The zero-order valence-electron chi connectivity index (χ0n) is 22.7. The van der Waals surface area contributed by atoms with Crippen molar-refractivity contribution in [2.24, 2.45) is 0 Å². The second-order valence-corrected chi connectivity index (χ2v) is 9.96. The Morgan fingerprint density at radius 3 is 1.17 bits per heavy atom. The fourth-order valence-electron chi connectivity index (χ4n) is 5.01. The minimum atomic E-state index is -0.719. The summed E-state index contributed by atoms with van der Waals surface area (Å²) >= 11 is 0. The Morgan fingerprint density at radius 2 is 0.810 bits per heavy atom. The van der Waals surface area contributed by atoms with Crippen LogP contribution < -0.4 is 0 Å². The molecule has 0 amide bonds. The summed E-state index contributed by atoms with van der Waals surface area (Å²) in [5, 5.41) is 0. The topological polar surface area (TPSA) is 89.5 Å². The van der Waals surface area contributed by atoms with Crippen molar-refractivity contribution in [3.05, 3.63) is 144 Å². The van der Waals surface area contributed by atoms with E-state index in [0.29, 0.717) is 11.1 Å². The molecule has 0 bridgehead atoms. The highest BCUT2D eigenvalue weighted by molar-refractivity contribution is 5.89. The molecule has 2 aliphatic heterocycles. The molecule has 2 heterocycles. The third-order valence-electron chi connectivity index (χ3n) is 7.13. The molecule has 0 saturated carbocycles. The van der Waals surface area contributed by atoms with E-state index in [2.05, 4.69) is 0 Å². The van der Waals surface area contributed by atoms with Crippen molar-refractivity contribution in [1.29, 1.82) is 0 Å². The van der Waals surface area contributed by atoms with Gasteiger partial charge in [-0.15, -0.1) is 0 Å². The van der Waals surface area contributed by atoms with Gasteiger partial charge in [-0.1, -0.05) is 97.1 Å². The molecule has 4 aromatic rings. The van der Waals surface area contributed by atoms with Crippen LogP contribution >= 0.6 is 0 Å². The van der Waals surface area contributed by atoms with Crippen molar-refractivity contribution >= 4 is 11.9 Å². The van der Waals surface area contributed by atoms with E-state index < -0.39 is 48.9 Å². The van der Waals surface area contributed by atoms with Crippen LogP contribution in [0.25, 0.3) is 0 Å². The van der Waals surface area contributed by atoms with Crippen LogP contribution in [-0.2, 0) is 28.4 Å². The van der Waals surface area contributed by atoms with Crippen LogP contribution in [-0.4, -0.2) is 49.6 Å². The van der Waals surface area contributed by atoms with Gasteiger partial charge in [-0.05, 0) is 24.3 Å². The quantitative estimate of drug-likeness (QED) is 0.240. The Kier molecular flexibility index (Phi) is 8.67. The molecule has 4 aromatic carbocycles. The summed E-state index contributed by atoms with van der Waals surface area (Å²) in [7, 11) is 0. The molecule has 0 aliphatic carbocycles. The maximum atomic E-state index is 12.8. The van der Waals surface area contributed by atoms with Gasteiger partial charge in [0.25, 0.3) is 0 Å². The largest absolute Gasteiger partial charge is 0.459 e. The first-order valence-electron chi connectivity index (χ1n) is 13.8. The number of hydrogen-bond acceptors (Lipinski definition) is 8. The first-order valence-corrected chi connectivity index (χ1v) is 13.8. The van der Waals surface area contributed by atoms with Gasteiger partial charge in [0.05, 0.1) is 11.1 Å². The van der Waals surface area contributed by atoms with Crippen LogP contribution in [0.15, 0.2) is 121 Å². The van der Waals surface area contributed by atoms with E-state index in [1.54, 1.807) is 48.5 Å². The molecular weight excluding hydrogens is 536 g/mol. The smallest absolute Gasteiger partial charge is 0.338 e. The van der Waals surface area contributed by atoms with E-state index in [-0.39, 0.29) is 13.2 Å². The summed E-state index contributed by atoms with van der Waals surface area (Å²) in [4.78, 5) is 25.5. The third-order valence-corrected chi connectivity index (χ3v) is 7.13. The second kappa shape index (κ2) is 13.1. The van der Waals surface area contributed by atoms with Crippen molar-refractivity contribution in [3.8, 4) is 0 Å². The van der Waals surface area contributed by atoms with Gasteiger partial charge >= 0.3 is 11.9 Å². The van der Waals surface area contributed by atoms with Gasteiger partial charge < -0.3 is 28.4 Å². The van der Waals surface area contributed by atoms with Crippen LogP contribution in [0.1, 0.15) is 44.4 Å². The lowest BCUT2D eigenvalue weighted by molar-refractivity contribution is -0.107. The average molecular weight is 567 g/mol. The highest BCUT2D eigenvalue weighted by Crippen LogP contribution is 2.41. The minimum Gasteiger partial charge on any atom is -0.459 e. The highest BCUT2D eigenvalue weighted by Gasteiger charge is 2.51. The molecule has 0 aromatic heterocycles. The van der Waals surface area contributed by atoms with Gasteiger partial charge in [-0.3, -0.25) is 0 Å². The lowest BCUT2D eigenvalue weighted by Crippen LogP contribution is -2.45. The molecule has 0 N–H and O–H groups in total. The molecule has 0 unspecified atom stereocenters. The van der Waals surface area contributed by atoms with E-state index in [4.69, 9.17) is 28.4 Å². The van der Waals surface area contributed by atoms with Crippen molar-refractivity contribution in [2.45, 2.75) is 37.0 Å². The predicted octanol–water partition coefficient (Wildman–Crippen LogP) is 5.67. The highest BCUT2D eigenvalue weighted by atomic mass is 16.8. The van der Waals surface area contributed by atoms with Gasteiger partial charge in [-0.25, -0.2) is 9.59 Å². The summed E-state index contributed by atoms with van der Waals surface area (Å²) in [5.74, 6) is -0.944. The second-order valence-electron chi connectivity index (χ2n) is 9.96. The molecule has 6 rings (SSSR count). The van der Waals surface area contributed by atoms with Gasteiger partial charge in [-0.2, -0.15) is 0 Å². The van der Waals surface area contributed by atoms with Gasteiger partial charge in [0.2, 0.25) is 0 Å². The Hall–Kier alpha value is -4.34. The predicted molar refractivity (Wildman–Crippen MR) is 151 cm³/mol. The number of ether oxygens (including phenoxy) is 6. The molecule has 214 valence electrons.